The molecule has 1 atom stereocenters. The molecule has 0 bridgehead atoms. The highest BCUT2D eigenvalue weighted by atomic mass is 16.7. The van der Waals surface area contributed by atoms with Crippen molar-refractivity contribution >= 4 is 17.5 Å². The van der Waals surface area contributed by atoms with E-state index in [1.54, 1.807) is 36.1 Å². The molecular formula is C24H25N5O5. The van der Waals surface area contributed by atoms with Crippen molar-refractivity contribution in [2.45, 2.75) is 25.8 Å². The molecule has 176 valence electrons. The molecule has 10 heteroatoms. The number of anilines is 2. The van der Waals surface area contributed by atoms with E-state index in [1.807, 2.05) is 25.1 Å². The molecule has 1 aromatic heterocycles. The number of methoxy groups -OCH3 is 1. The second kappa shape index (κ2) is 9.06. The number of rotatable bonds is 7. The molecule has 3 N–H and O–H groups in total. The molecule has 0 saturated carbocycles. The van der Waals surface area contributed by atoms with Gasteiger partial charge in [-0.3, -0.25) is 4.79 Å². The van der Waals surface area contributed by atoms with Gasteiger partial charge in [-0.1, -0.05) is 6.07 Å². The van der Waals surface area contributed by atoms with Crippen molar-refractivity contribution in [3.05, 3.63) is 65.1 Å². The number of nitrogens with zero attached hydrogens (tertiary/aromatic N) is 3. The first-order valence-electron chi connectivity index (χ1n) is 11.0. The highest BCUT2D eigenvalue weighted by Crippen LogP contribution is 2.40. The fourth-order valence-corrected chi connectivity index (χ4v) is 4.10. The molecule has 2 aliphatic heterocycles. The maximum atomic E-state index is 13.5. The molecule has 1 unspecified atom stereocenters. The van der Waals surface area contributed by atoms with Gasteiger partial charge in [0, 0.05) is 24.4 Å². The van der Waals surface area contributed by atoms with Crippen LogP contribution in [0.4, 0.5) is 11.6 Å². The Bertz CT molecular complexity index is 1250. The number of hydrogen-bond acceptors (Lipinski definition) is 8. The summed E-state index contributed by atoms with van der Waals surface area (Å²) >= 11 is 0. The van der Waals surface area contributed by atoms with Crippen LogP contribution in [-0.2, 0) is 11.2 Å². The van der Waals surface area contributed by atoms with E-state index in [-0.39, 0.29) is 19.3 Å². The number of ether oxygens (including phenoxy) is 3. The average molecular weight is 463 g/mol. The molecule has 0 spiro atoms. The molecule has 3 heterocycles. The van der Waals surface area contributed by atoms with E-state index in [9.17, 15) is 9.90 Å². The summed E-state index contributed by atoms with van der Waals surface area (Å²) in [5.74, 6) is 2.83. The fourth-order valence-electron chi connectivity index (χ4n) is 4.10. The van der Waals surface area contributed by atoms with Crippen LogP contribution in [0.1, 0.15) is 30.8 Å². The van der Waals surface area contributed by atoms with Crippen LogP contribution in [0.25, 0.3) is 0 Å². The van der Waals surface area contributed by atoms with Gasteiger partial charge in [-0.05, 0) is 55.3 Å². The smallest absolute Gasteiger partial charge is 0.255 e. The van der Waals surface area contributed by atoms with Crippen LogP contribution >= 0.6 is 0 Å². The molecular weight excluding hydrogens is 438 g/mol. The molecule has 3 aromatic rings. The Morgan fingerprint density at radius 1 is 1.24 bits per heavy atom. The number of fused-ring (bicyclic) bond motifs is 2. The second-order valence-corrected chi connectivity index (χ2v) is 7.98. The Kier molecular flexibility index (Phi) is 5.81. The summed E-state index contributed by atoms with van der Waals surface area (Å²) in [4.78, 5) is 18.1. The van der Waals surface area contributed by atoms with Crippen molar-refractivity contribution in [2.75, 3.05) is 31.1 Å². The zero-order chi connectivity index (χ0) is 23.7. The average Bonchev–Trinajstić information content (AvgIpc) is 3.48. The molecule has 10 nitrogen and oxygen atoms in total. The van der Waals surface area contributed by atoms with E-state index < -0.39 is 6.04 Å². The van der Waals surface area contributed by atoms with E-state index in [2.05, 4.69) is 20.7 Å². The van der Waals surface area contributed by atoms with Crippen molar-refractivity contribution in [1.82, 2.24) is 14.8 Å². The highest BCUT2D eigenvalue weighted by Gasteiger charge is 2.35. The van der Waals surface area contributed by atoms with E-state index in [0.717, 1.165) is 5.56 Å². The molecule has 0 saturated heterocycles. The largest absolute Gasteiger partial charge is 0.497 e. The molecule has 34 heavy (non-hydrogen) atoms. The Balaban J connectivity index is 1.54. The molecule has 0 fully saturated rings. The summed E-state index contributed by atoms with van der Waals surface area (Å²) in [5, 5.41) is 20.1. The van der Waals surface area contributed by atoms with E-state index >= 15 is 0 Å². The third kappa shape index (κ3) is 4.03. The van der Waals surface area contributed by atoms with Gasteiger partial charge < -0.3 is 30.0 Å². The van der Waals surface area contributed by atoms with Gasteiger partial charge in [-0.25, -0.2) is 4.68 Å². The van der Waals surface area contributed by atoms with Crippen LogP contribution in [-0.4, -0.2) is 46.3 Å². The minimum absolute atomic E-state index is 0.0513. The number of benzene rings is 2. The van der Waals surface area contributed by atoms with Crippen molar-refractivity contribution in [3.8, 4) is 17.2 Å². The lowest BCUT2D eigenvalue weighted by Gasteiger charge is -2.28. The predicted octanol–water partition coefficient (Wildman–Crippen LogP) is 2.87. The van der Waals surface area contributed by atoms with Crippen molar-refractivity contribution in [3.63, 3.8) is 0 Å². The maximum absolute atomic E-state index is 13.5. The summed E-state index contributed by atoms with van der Waals surface area (Å²) in [6.07, 6.45) is 1.08. The minimum atomic E-state index is -0.542. The lowest BCUT2D eigenvalue weighted by Crippen LogP contribution is -2.31. The number of aliphatic hydroxyl groups is 1. The molecule has 0 radical (unpaired) electrons. The number of aromatic nitrogens is 3. The third-order valence-corrected chi connectivity index (χ3v) is 5.76. The zero-order valence-corrected chi connectivity index (χ0v) is 18.9. The van der Waals surface area contributed by atoms with Crippen molar-refractivity contribution in [2.24, 2.45) is 0 Å². The lowest BCUT2D eigenvalue weighted by molar-refractivity contribution is -0.113. The Hall–Kier alpha value is -4.05. The number of allylic oxidation sites excluding steroid dienone is 1. The Morgan fingerprint density at radius 3 is 2.79 bits per heavy atom. The number of aryl methyl sites for hydroxylation is 1. The maximum Gasteiger partial charge on any atom is 0.255 e. The van der Waals surface area contributed by atoms with Gasteiger partial charge >= 0.3 is 0 Å². The van der Waals surface area contributed by atoms with Gasteiger partial charge in [0.2, 0.25) is 12.7 Å². The van der Waals surface area contributed by atoms with Crippen LogP contribution in [0.5, 0.6) is 17.2 Å². The van der Waals surface area contributed by atoms with Gasteiger partial charge in [0.1, 0.15) is 11.8 Å². The van der Waals surface area contributed by atoms with Gasteiger partial charge in [0.05, 0.1) is 12.7 Å². The molecule has 1 amide bonds. The van der Waals surface area contributed by atoms with Crippen molar-refractivity contribution in [1.29, 1.82) is 0 Å². The van der Waals surface area contributed by atoms with E-state index in [1.165, 1.54) is 0 Å². The van der Waals surface area contributed by atoms with Gasteiger partial charge in [0.25, 0.3) is 5.91 Å². The summed E-state index contributed by atoms with van der Waals surface area (Å²) in [6, 6.07) is 12.2. The SMILES string of the molecule is COc1ccc(NC(=O)C2=C(C)Nc3nc(CCCO)nn3C2c2ccc3c(c2)OCO3)cc1. The van der Waals surface area contributed by atoms with Crippen LogP contribution in [0.15, 0.2) is 53.7 Å². The van der Waals surface area contributed by atoms with Gasteiger partial charge in [-0.2, -0.15) is 10.1 Å². The summed E-state index contributed by atoms with van der Waals surface area (Å²) in [6.45, 7) is 2.05. The summed E-state index contributed by atoms with van der Waals surface area (Å²) < 4.78 is 17.9. The number of amides is 1. The molecule has 2 aromatic carbocycles. The van der Waals surface area contributed by atoms with Gasteiger partial charge in [-0.15, -0.1) is 0 Å². The molecule has 0 aliphatic carbocycles. The number of aliphatic hydroxyl groups excluding tert-OH is 1. The summed E-state index contributed by atoms with van der Waals surface area (Å²) in [7, 11) is 1.59. The fraction of sp³-hybridized carbons (Fsp3) is 0.292. The number of nitrogens with one attached hydrogen (secondary N) is 2. The minimum Gasteiger partial charge on any atom is -0.497 e. The van der Waals surface area contributed by atoms with Crippen molar-refractivity contribution < 1.29 is 24.1 Å². The highest BCUT2D eigenvalue weighted by molar-refractivity contribution is 6.06. The number of carbonyl (C=O) groups is 1. The monoisotopic (exact) mass is 463 g/mol. The quantitative estimate of drug-likeness (QED) is 0.489. The summed E-state index contributed by atoms with van der Waals surface area (Å²) in [5.41, 5.74) is 2.62. The van der Waals surface area contributed by atoms with Crippen LogP contribution < -0.4 is 24.8 Å². The molecule has 2 aliphatic rings. The normalized spacial score (nSPS) is 16.1. The van der Waals surface area contributed by atoms with Gasteiger partial charge in [0.15, 0.2) is 17.3 Å². The number of carbonyl (C=O) groups excluding carboxylic acids is 1. The second-order valence-electron chi connectivity index (χ2n) is 7.98. The lowest BCUT2D eigenvalue weighted by atomic mass is 9.94. The molecule has 5 rings (SSSR count). The first kappa shape index (κ1) is 21.8. The third-order valence-electron chi connectivity index (χ3n) is 5.76. The standard InChI is InChI=1S/C24H25N5O5/c1-14-21(23(31)26-16-6-8-17(32-2)9-7-16)22(15-5-10-18-19(12-15)34-13-33-18)29-24(25-14)27-20(28-29)4-3-11-30/h5-10,12,22,30H,3-4,11,13H2,1-2H3,(H,26,31)(H,25,27,28). The van der Waals surface area contributed by atoms with Crippen LogP contribution in [0.3, 0.4) is 0 Å². The topological polar surface area (TPSA) is 120 Å². The first-order chi connectivity index (χ1) is 16.6. The Labute approximate surface area is 196 Å². The predicted molar refractivity (Wildman–Crippen MR) is 124 cm³/mol. The Morgan fingerprint density at radius 2 is 2.03 bits per heavy atom. The van der Waals surface area contributed by atoms with Crippen LogP contribution in [0, 0.1) is 0 Å². The number of hydrogen-bond donors (Lipinski definition) is 3. The van der Waals surface area contributed by atoms with E-state index in [0.29, 0.717) is 58.8 Å². The zero-order valence-electron chi connectivity index (χ0n) is 18.9. The van der Waals surface area contributed by atoms with Crippen LogP contribution in [0.2, 0.25) is 0 Å². The first-order valence-corrected chi connectivity index (χ1v) is 11.0. The van der Waals surface area contributed by atoms with E-state index in [4.69, 9.17) is 14.2 Å².